The van der Waals surface area contributed by atoms with Gasteiger partial charge < -0.3 is 0 Å². The van der Waals surface area contributed by atoms with Gasteiger partial charge in [-0.15, -0.1) is 0 Å². The zero-order chi connectivity index (χ0) is 16.0. The molecule has 0 bridgehead atoms. The fourth-order valence-corrected chi connectivity index (χ4v) is 5.11. The van der Waals surface area contributed by atoms with E-state index in [9.17, 15) is 0 Å². The highest BCUT2D eigenvalue weighted by Gasteiger charge is 2.42. The van der Waals surface area contributed by atoms with Gasteiger partial charge >= 0.3 is 0 Å². The van der Waals surface area contributed by atoms with Crippen LogP contribution in [0.3, 0.4) is 0 Å². The number of alkyl halides is 1. The highest BCUT2D eigenvalue weighted by molar-refractivity contribution is 9.10. The minimum absolute atomic E-state index is 0.280. The third kappa shape index (κ3) is 2.03. The van der Waals surface area contributed by atoms with Gasteiger partial charge in [-0.1, -0.05) is 95.7 Å². The maximum atomic E-state index is 4.18. The summed E-state index contributed by atoms with van der Waals surface area (Å²) in [6.45, 7) is 4.50. The van der Waals surface area contributed by atoms with E-state index in [-0.39, 0.29) is 4.32 Å². The molecule has 1 heteroatoms. The molecule has 3 aromatic rings. The van der Waals surface area contributed by atoms with Crippen LogP contribution in [0.4, 0.5) is 0 Å². The average molecular weight is 363 g/mol. The smallest absolute Gasteiger partial charge is 0.0695 e. The fraction of sp³-hybridized carbons (Fsp3) is 0.182. The van der Waals surface area contributed by atoms with E-state index in [0.29, 0.717) is 5.92 Å². The predicted octanol–water partition coefficient (Wildman–Crippen LogP) is 6.15. The van der Waals surface area contributed by atoms with Crippen molar-refractivity contribution in [3.05, 3.63) is 106 Å². The van der Waals surface area contributed by atoms with Crippen molar-refractivity contribution < 1.29 is 0 Å². The number of hydrogen-bond donors (Lipinski definition) is 0. The van der Waals surface area contributed by atoms with Crippen molar-refractivity contribution in [2.75, 3.05) is 0 Å². The molecule has 0 aromatic heterocycles. The standard InChI is InChI=1S/C22H19Br/c1-15-9-3-6-12-19(15)22(23)20-13-7-4-10-17(20)16(2)18-11-5-8-14-21(18)22/h3-14,16H,1-2H3. The molecule has 0 aliphatic heterocycles. The van der Waals surface area contributed by atoms with Crippen LogP contribution in [0.15, 0.2) is 72.8 Å². The summed E-state index contributed by atoms with van der Waals surface area (Å²) in [5.41, 5.74) is 8.17. The Balaban J connectivity index is 2.12. The molecule has 23 heavy (non-hydrogen) atoms. The van der Waals surface area contributed by atoms with Crippen molar-refractivity contribution >= 4 is 15.9 Å². The molecule has 0 amide bonds. The van der Waals surface area contributed by atoms with Gasteiger partial charge in [-0.05, 0) is 40.3 Å². The molecule has 0 heterocycles. The lowest BCUT2D eigenvalue weighted by Gasteiger charge is -2.40. The molecule has 0 N–H and O–H groups in total. The molecule has 0 unspecified atom stereocenters. The molecule has 0 radical (unpaired) electrons. The second kappa shape index (κ2) is 5.35. The summed E-state index contributed by atoms with van der Waals surface area (Å²) in [5.74, 6) is 0.414. The van der Waals surface area contributed by atoms with E-state index in [1.54, 1.807) is 0 Å². The molecule has 0 atom stereocenters. The lowest BCUT2D eigenvalue weighted by atomic mass is 9.70. The van der Waals surface area contributed by atoms with Crippen LogP contribution in [0.25, 0.3) is 0 Å². The lowest BCUT2D eigenvalue weighted by molar-refractivity contribution is 0.764. The third-order valence-corrected chi connectivity index (χ3v) is 6.39. The Morgan fingerprint density at radius 1 is 0.696 bits per heavy atom. The van der Waals surface area contributed by atoms with Gasteiger partial charge in [-0.25, -0.2) is 0 Å². The topological polar surface area (TPSA) is 0 Å². The predicted molar refractivity (Wildman–Crippen MR) is 100 cm³/mol. The molecule has 0 fully saturated rings. The van der Waals surface area contributed by atoms with E-state index in [4.69, 9.17) is 0 Å². The van der Waals surface area contributed by atoms with Crippen LogP contribution in [0.2, 0.25) is 0 Å². The Morgan fingerprint density at radius 3 is 1.65 bits per heavy atom. The van der Waals surface area contributed by atoms with Crippen LogP contribution in [0.1, 0.15) is 46.2 Å². The summed E-state index contributed by atoms with van der Waals surface area (Å²) in [6.07, 6.45) is 0. The quantitative estimate of drug-likeness (QED) is 0.455. The number of halogens is 1. The highest BCUT2D eigenvalue weighted by Crippen LogP contribution is 2.54. The molecular formula is C22H19Br. The first-order chi connectivity index (χ1) is 11.1. The molecule has 0 spiro atoms. The SMILES string of the molecule is Cc1ccccc1C1(Br)c2ccccc2C(C)c2ccccc21. The van der Waals surface area contributed by atoms with Gasteiger partial charge in [0.15, 0.2) is 0 Å². The van der Waals surface area contributed by atoms with E-state index in [2.05, 4.69) is 103 Å². The van der Waals surface area contributed by atoms with E-state index in [0.717, 1.165) is 0 Å². The van der Waals surface area contributed by atoms with Gasteiger partial charge in [0.05, 0.1) is 0 Å². The van der Waals surface area contributed by atoms with E-state index in [1.165, 1.54) is 33.4 Å². The molecule has 4 rings (SSSR count). The molecule has 0 saturated carbocycles. The van der Waals surface area contributed by atoms with Crippen LogP contribution in [-0.4, -0.2) is 0 Å². The van der Waals surface area contributed by atoms with E-state index < -0.39 is 0 Å². The van der Waals surface area contributed by atoms with Gasteiger partial charge in [-0.3, -0.25) is 0 Å². The summed E-state index contributed by atoms with van der Waals surface area (Å²) in [4.78, 5) is 0. The zero-order valence-corrected chi connectivity index (χ0v) is 15.0. The first kappa shape index (κ1) is 14.7. The summed E-state index contributed by atoms with van der Waals surface area (Å²) in [7, 11) is 0. The molecular weight excluding hydrogens is 344 g/mol. The van der Waals surface area contributed by atoms with Crippen LogP contribution >= 0.6 is 15.9 Å². The minimum atomic E-state index is -0.280. The minimum Gasteiger partial charge on any atom is -0.0695 e. The maximum absolute atomic E-state index is 4.18. The summed E-state index contributed by atoms with van der Waals surface area (Å²) in [5, 5.41) is 0. The van der Waals surface area contributed by atoms with Crippen molar-refractivity contribution in [3.8, 4) is 0 Å². The number of fused-ring (bicyclic) bond motifs is 2. The van der Waals surface area contributed by atoms with E-state index >= 15 is 0 Å². The molecule has 0 saturated heterocycles. The van der Waals surface area contributed by atoms with Gasteiger partial charge in [-0.2, -0.15) is 0 Å². The van der Waals surface area contributed by atoms with Gasteiger partial charge in [0.1, 0.15) is 4.32 Å². The zero-order valence-electron chi connectivity index (χ0n) is 13.4. The monoisotopic (exact) mass is 362 g/mol. The largest absolute Gasteiger partial charge is 0.101 e. The van der Waals surface area contributed by atoms with Crippen molar-refractivity contribution in [1.29, 1.82) is 0 Å². The second-order valence-corrected chi connectivity index (χ2v) is 7.56. The average Bonchev–Trinajstić information content (AvgIpc) is 2.60. The van der Waals surface area contributed by atoms with Gasteiger partial charge in [0.25, 0.3) is 0 Å². The maximum Gasteiger partial charge on any atom is 0.101 e. The second-order valence-electron chi connectivity index (χ2n) is 6.37. The van der Waals surface area contributed by atoms with Crippen LogP contribution in [0, 0.1) is 6.92 Å². The normalized spacial score (nSPS) is 22.3. The van der Waals surface area contributed by atoms with Crippen molar-refractivity contribution in [3.63, 3.8) is 0 Å². The molecule has 1 aliphatic carbocycles. The first-order valence-electron chi connectivity index (χ1n) is 8.08. The molecule has 1 aliphatic rings. The van der Waals surface area contributed by atoms with Crippen LogP contribution in [-0.2, 0) is 4.32 Å². The van der Waals surface area contributed by atoms with Crippen LogP contribution in [0.5, 0.6) is 0 Å². The van der Waals surface area contributed by atoms with Crippen molar-refractivity contribution in [2.45, 2.75) is 24.1 Å². The van der Waals surface area contributed by atoms with Gasteiger partial charge in [0, 0.05) is 5.92 Å². The summed E-state index contributed by atoms with van der Waals surface area (Å²) >= 11 is 4.18. The summed E-state index contributed by atoms with van der Waals surface area (Å²) in [6, 6.07) is 26.3. The Hall–Kier alpha value is -1.86. The molecule has 0 nitrogen and oxygen atoms in total. The van der Waals surface area contributed by atoms with Gasteiger partial charge in [0.2, 0.25) is 0 Å². The lowest BCUT2D eigenvalue weighted by Crippen LogP contribution is -2.30. The Bertz CT molecular complexity index is 831. The molecule has 3 aromatic carbocycles. The number of rotatable bonds is 1. The Labute approximate surface area is 146 Å². The Morgan fingerprint density at radius 2 is 1.13 bits per heavy atom. The summed E-state index contributed by atoms with van der Waals surface area (Å²) < 4.78 is -0.280. The molecule has 114 valence electrons. The number of aryl methyl sites for hydroxylation is 1. The van der Waals surface area contributed by atoms with Crippen LogP contribution < -0.4 is 0 Å². The number of benzene rings is 3. The van der Waals surface area contributed by atoms with E-state index in [1.807, 2.05) is 0 Å². The third-order valence-electron chi connectivity index (χ3n) is 5.11. The Kier molecular flexibility index (Phi) is 3.42. The highest BCUT2D eigenvalue weighted by atomic mass is 79.9. The van der Waals surface area contributed by atoms with Crippen molar-refractivity contribution in [1.82, 2.24) is 0 Å². The van der Waals surface area contributed by atoms with Crippen molar-refractivity contribution in [2.24, 2.45) is 0 Å². The fourth-order valence-electron chi connectivity index (χ4n) is 3.94. The number of hydrogen-bond acceptors (Lipinski definition) is 0. The first-order valence-corrected chi connectivity index (χ1v) is 8.87.